The Labute approximate surface area is 147 Å². The summed E-state index contributed by atoms with van der Waals surface area (Å²) in [6.07, 6.45) is 0.472. The van der Waals surface area contributed by atoms with E-state index in [0.29, 0.717) is 17.5 Å². The molecule has 2 aromatic rings. The molecule has 2 N–H and O–H groups in total. The van der Waals surface area contributed by atoms with Gasteiger partial charge in [0.05, 0.1) is 29.4 Å². The summed E-state index contributed by atoms with van der Waals surface area (Å²) in [5, 5.41) is 16.3. The van der Waals surface area contributed by atoms with E-state index in [-0.39, 0.29) is 30.2 Å². The first-order valence-electron chi connectivity index (χ1n) is 7.34. The zero-order valence-electron chi connectivity index (χ0n) is 13.7. The second kappa shape index (κ2) is 8.78. The molecule has 0 unspecified atom stereocenters. The Balaban J connectivity index is 1.72. The van der Waals surface area contributed by atoms with E-state index in [1.165, 1.54) is 0 Å². The fourth-order valence-electron chi connectivity index (χ4n) is 1.74. The van der Waals surface area contributed by atoms with Gasteiger partial charge in [-0.2, -0.15) is 0 Å². The Morgan fingerprint density at radius 2 is 2.12 bits per heavy atom. The van der Waals surface area contributed by atoms with Gasteiger partial charge in [0.1, 0.15) is 0 Å². The molecule has 130 valence electrons. The zero-order valence-corrected chi connectivity index (χ0v) is 15.3. The van der Waals surface area contributed by atoms with Crippen molar-refractivity contribution < 1.29 is 14.0 Å². The third-order valence-corrected chi connectivity index (χ3v) is 4.31. The molecular formula is C14H19N5O3S2. The number of aryl methyl sites for hydroxylation is 1. The number of carbonyl (C=O) groups excluding carboxylic acids is 2. The fourth-order valence-corrected chi connectivity index (χ4v) is 2.97. The van der Waals surface area contributed by atoms with Gasteiger partial charge in [0.2, 0.25) is 17.7 Å². The average molecular weight is 369 g/mol. The lowest BCUT2D eigenvalue weighted by molar-refractivity contribution is -0.125. The van der Waals surface area contributed by atoms with Gasteiger partial charge in [0, 0.05) is 11.4 Å². The van der Waals surface area contributed by atoms with E-state index in [4.69, 9.17) is 4.42 Å². The lowest BCUT2D eigenvalue weighted by Crippen LogP contribution is -2.40. The molecule has 8 nitrogen and oxygen atoms in total. The molecule has 0 fully saturated rings. The molecule has 10 heteroatoms. The lowest BCUT2D eigenvalue weighted by Gasteiger charge is -2.08. The van der Waals surface area contributed by atoms with Crippen molar-refractivity contribution in [3.8, 4) is 0 Å². The quantitative estimate of drug-likeness (QED) is 0.672. The summed E-state index contributed by atoms with van der Waals surface area (Å²) in [5.41, 5.74) is 0.881. The number of carbonyl (C=O) groups is 2. The fraction of sp³-hybridized carbons (Fsp3) is 0.500. The van der Waals surface area contributed by atoms with Gasteiger partial charge in [0.25, 0.3) is 5.22 Å². The van der Waals surface area contributed by atoms with Crippen molar-refractivity contribution in [2.24, 2.45) is 0 Å². The standard InChI is InChI=1S/C14H19N5O3S2/c1-8(2)16-11(20)5-15-12(21)7-24-14-19-18-13(22-14)4-10-6-23-9(3)17-10/h6,8H,4-5,7H2,1-3H3,(H,15,21)(H,16,20). The Kier molecular flexibility index (Phi) is 6.73. The highest BCUT2D eigenvalue weighted by Crippen LogP contribution is 2.18. The first-order chi connectivity index (χ1) is 11.4. The molecule has 0 spiro atoms. The molecule has 0 radical (unpaired) electrons. The molecule has 2 aromatic heterocycles. The number of thiazole rings is 1. The molecule has 0 aliphatic heterocycles. The van der Waals surface area contributed by atoms with Crippen molar-refractivity contribution in [2.75, 3.05) is 12.3 Å². The van der Waals surface area contributed by atoms with Crippen molar-refractivity contribution in [1.29, 1.82) is 0 Å². The van der Waals surface area contributed by atoms with E-state index in [1.807, 2.05) is 26.2 Å². The van der Waals surface area contributed by atoms with Crippen LogP contribution in [0.2, 0.25) is 0 Å². The van der Waals surface area contributed by atoms with Crippen molar-refractivity contribution in [3.63, 3.8) is 0 Å². The Bertz CT molecular complexity index is 698. The molecule has 2 amide bonds. The molecule has 24 heavy (non-hydrogen) atoms. The van der Waals surface area contributed by atoms with Crippen LogP contribution in [0.1, 0.15) is 30.4 Å². The van der Waals surface area contributed by atoms with Gasteiger partial charge in [-0.1, -0.05) is 11.8 Å². The number of hydrogen-bond acceptors (Lipinski definition) is 8. The topological polar surface area (TPSA) is 110 Å². The number of hydrogen-bond donors (Lipinski definition) is 2. The number of nitrogens with one attached hydrogen (secondary N) is 2. The summed E-state index contributed by atoms with van der Waals surface area (Å²) in [6, 6.07) is 0.0436. The highest BCUT2D eigenvalue weighted by molar-refractivity contribution is 7.99. The normalized spacial score (nSPS) is 10.8. The van der Waals surface area contributed by atoms with Crippen molar-refractivity contribution in [3.05, 3.63) is 22.0 Å². The minimum absolute atomic E-state index is 0.0436. The molecule has 0 saturated carbocycles. The minimum atomic E-state index is -0.270. The number of amides is 2. The van der Waals surface area contributed by atoms with Gasteiger partial charge in [-0.25, -0.2) is 4.98 Å². The summed E-state index contributed by atoms with van der Waals surface area (Å²) in [7, 11) is 0. The third kappa shape index (κ3) is 6.28. The minimum Gasteiger partial charge on any atom is -0.416 e. The molecule has 0 bridgehead atoms. The van der Waals surface area contributed by atoms with Crippen LogP contribution in [0.5, 0.6) is 0 Å². The first kappa shape index (κ1) is 18.4. The van der Waals surface area contributed by atoms with Crippen LogP contribution in [-0.4, -0.2) is 45.3 Å². The van der Waals surface area contributed by atoms with Gasteiger partial charge >= 0.3 is 0 Å². The molecule has 0 aliphatic carbocycles. The van der Waals surface area contributed by atoms with Crippen LogP contribution in [-0.2, 0) is 16.0 Å². The Hall–Kier alpha value is -1.94. The largest absolute Gasteiger partial charge is 0.416 e. The summed E-state index contributed by atoms with van der Waals surface area (Å²) < 4.78 is 5.47. The number of thioether (sulfide) groups is 1. The molecular weight excluding hydrogens is 350 g/mol. The first-order valence-corrected chi connectivity index (χ1v) is 9.21. The van der Waals surface area contributed by atoms with Gasteiger partial charge in [0.15, 0.2) is 0 Å². The monoisotopic (exact) mass is 369 g/mol. The van der Waals surface area contributed by atoms with Crippen molar-refractivity contribution >= 4 is 34.9 Å². The van der Waals surface area contributed by atoms with Crippen LogP contribution in [0.15, 0.2) is 15.0 Å². The van der Waals surface area contributed by atoms with E-state index in [1.54, 1.807) is 11.3 Å². The third-order valence-electron chi connectivity index (χ3n) is 2.67. The second-order valence-electron chi connectivity index (χ2n) is 5.28. The summed E-state index contributed by atoms with van der Waals surface area (Å²) in [6.45, 7) is 5.60. The van der Waals surface area contributed by atoms with E-state index in [2.05, 4.69) is 25.8 Å². The second-order valence-corrected chi connectivity index (χ2v) is 7.27. The van der Waals surface area contributed by atoms with E-state index in [9.17, 15) is 9.59 Å². The van der Waals surface area contributed by atoms with E-state index < -0.39 is 0 Å². The van der Waals surface area contributed by atoms with Gasteiger partial charge < -0.3 is 15.1 Å². The van der Waals surface area contributed by atoms with Gasteiger partial charge in [-0.3, -0.25) is 9.59 Å². The van der Waals surface area contributed by atoms with E-state index in [0.717, 1.165) is 22.5 Å². The van der Waals surface area contributed by atoms with Crippen LogP contribution in [0.4, 0.5) is 0 Å². The molecule has 2 rings (SSSR count). The predicted octanol–water partition coefficient (Wildman–Crippen LogP) is 1.16. The maximum atomic E-state index is 11.7. The van der Waals surface area contributed by atoms with E-state index >= 15 is 0 Å². The van der Waals surface area contributed by atoms with Crippen LogP contribution >= 0.6 is 23.1 Å². The molecule has 0 aromatic carbocycles. The van der Waals surface area contributed by atoms with Crippen LogP contribution in [0.3, 0.4) is 0 Å². The van der Waals surface area contributed by atoms with Crippen LogP contribution in [0.25, 0.3) is 0 Å². The molecule has 2 heterocycles. The van der Waals surface area contributed by atoms with Crippen LogP contribution < -0.4 is 10.6 Å². The average Bonchev–Trinajstić information content (AvgIpc) is 3.12. The highest BCUT2D eigenvalue weighted by atomic mass is 32.2. The highest BCUT2D eigenvalue weighted by Gasteiger charge is 2.12. The van der Waals surface area contributed by atoms with Gasteiger partial charge in [-0.15, -0.1) is 21.5 Å². The number of aromatic nitrogens is 3. The Morgan fingerprint density at radius 1 is 1.33 bits per heavy atom. The summed E-state index contributed by atoms with van der Waals surface area (Å²) in [5.74, 6) is 0.0714. The predicted molar refractivity (Wildman–Crippen MR) is 91.0 cm³/mol. The number of nitrogens with zero attached hydrogens (tertiary/aromatic N) is 3. The smallest absolute Gasteiger partial charge is 0.277 e. The lowest BCUT2D eigenvalue weighted by atomic mass is 10.3. The molecule has 0 aliphatic rings. The molecule has 0 saturated heterocycles. The summed E-state index contributed by atoms with van der Waals surface area (Å²) >= 11 is 2.69. The Morgan fingerprint density at radius 3 is 2.79 bits per heavy atom. The van der Waals surface area contributed by atoms with Gasteiger partial charge in [-0.05, 0) is 20.8 Å². The maximum Gasteiger partial charge on any atom is 0.277 e. The summed E-state index contributed by atoms with van der Waals surface area (Å²) in [4.78, 5) is 27.5. The van der Waals surface area contributed by atoms with Crippen molar-refractivity contribution in [1.82, 2.24) is 25.8 Å². The van der Waals surface area contributed by atoms with Crippen molar-refractivity contribution in [2.45, 2.75) is 38.5 Å². The molecule has 0 atom stereocenters. The maximum absolute atomic E-state index is 11.7. The number of rotatable bonds is 8. The van der Waals surface area contributed by atoms with Crippen LogP contribution in [0, 0.1) is 6.92 Å². The zero-order chi connectivity index (χ0) is 17.5. The SMILES string of the molecule is Cc1nc(Cc2nnc(SCC(=O)NCC(=O)NC(C)C)o2)cs1.